The Kier molecular flexibility index (Phi) is 6.78. The van der Waals surface area contributed by atoms with Gasteiger partial charge in [0.05, 0.1) is 0 Å². The number of ether oxygens (including phenoxy) is 1. The summed E-state index contributed by atoms with van der Waals surface area (Å²) in [6, 6.07) is 5.09. The van der Waals surface area contributed by atoms with Gasteiger partial charge in [0.2, 0.25) is 5.13 Å². The molecule has 2 aromatic rings. The molecule has 0 bridgehead atoms. The molecule has 1 amide bonds. The number of carbonyl (C=O) groups excluding carboxylic acids is 1. The van der Waals surface area contributed by atoms with Gasteiger partial charge in [-0.1, -0.05) is 34.5 Å². The first-order valence-electron chi connectivity index (χ1n) is 8.42. The molecule has 0 unspecified atom stereocenters. The molecule has 6 nitrogen and oxygen atoms in total. The van der Waals surface area contributed by atoms with E-state index in [1.54, 1.807) is 34.4 Å². The zero-order valence-corrected chi connectivity index (χ0v) is 16.9. The lowest BCUT2D eigenvalue weighted by molar-refractivity contribution is 0.0942. The van der Waals surface area contributed by atoms with Crippen LogP contribution >= 0.6 is 34.5 Å². The molecule has 0 saturated carbocycles. The smallest absolute Gasteiger partial charge is 0.410 e. The number of carbonyl (C=O) groups is 1. The number of piperazine rings is 1. The lowest BCUT2D eigenvalue weighted by Gasteiger charge is -2.33. The van der Waals surface area contributed by atoms with Crippen molar-refractivity contribution in [1.29, 1.82) is 0 Å². The second kappa shape index (κ2) is 9.27. The molecule has 3 rings (SSSR count). The molecule has 0 spiro atoms. The Bertz CT molecular complexity index is 824. The van der Waals surface area contributed by atoms with Gasteiger partial charge in [0.15, 0.2) is 0 Å². The van der Waals surface area contributed by atoms with E-state index in [9.17, 15) is 4.79 Å². The molecular formula is C18H18Cl2N4O2S. The molecule has 142 valence electrons. The fourth-order valence-electron chi connectivity index (χ4n) is 2.66. The van der Waals surface area contributed by atoms with Crippen LogP contribution in [0.25, 0.3) is 0 Å². The van der Waals surface area contributed by atoms with Crippen LogP contribution in [-0.2, 0) is 17.8 Å². The van der Waals surface area contributed by atoms with Crippen LogP contribution < -0.4 is 4.90 Å². The summed E-state index contributed by atoms with van der Waals surface area (Å²) in [5.74, 6) is 2.61. The molecule has 0 aliphatic carbocycles. The summed E-state index contributed by atoms with van der Waals surface area (Å²) in [6.45, 7) is 2.63. The van der Waals surface area contributed by atoms with Crippen molar-refractivity contribution >= 4 is 45.8 Å². The van der Waals surface area contributed by atoms with Crippen molar-refractivity contribution < 1.29 is 9.53 Å². The Balaban J connectivity index is 1.47. The van der Waals surface area contributed by atoms with E-state index in [1.807, 2.05) is 0 Å². The summed E-state index contributed by atoms with van der Waals surface area (Å²) in [4.78, 5) is 16.1. The molecule has 1 aliphatic rings. The van der Waals surface area contributed by atoms with Crippen LogP contribution in [-0.4, -0.2) is 47.4 Å². The zero-order valence-electron chi connectivity index (χ0n) is 14.5. The minimum atomic E-state index is -0.349. The SMILES string of the molecule is C#CCCc1nnc(N2CCN(C(=O)OCc3cc(Cl)cc(Cl)c3)CC2)s1. The van der Waals surface area contributed by atoms with Crippen molar-refractivity contribution in [2.45, 2.75) is 19.4 Å². The summed E-state index contributed by atoms with van der Waals surface area (Å²) >= 11 is 13.5. The Morgan fingerprint density at radius 3 is 2.56 bits per heavy atom. The average Bonchev–Trinajstić information content (AvgIpc) is 3.13. The van der Waals surface area contributed by atoms with Gasteiger partial charge >= 0.3 is 6.09 Å². The Morgan fingerprint density at radius 1 is 1.19 bits per heavy atom. The number of rotatable bonds is 5. The van der Waals surface area contributed by atoms with Gasteiger partial charge in [0.25, 0.3) is 0 Å². The van der Waals surface area contributed by atoms with E-state index in [4.69, 9.17) is 34.4 Å². The van der Waals surface area contributed by atoms with Gasteiger partial charge in [0, 0.05) is 49.1 Å². The fourth-order valence-corrected chi connectivity index (χ4v) is 4.12. The maximum absolute atomic E-state index is 12.3. The monoisotopic (exact) mass is 424 g/mol. The molecule has 2 heterocycles. The molecule has 0 N–H and O–H groups in total. The van der Waals surface area contributed by atoms with Gasteiger partial charge in [-0.05, 0) is 23.8 Å². The Hall–Kier alpha value is -2.01. The van der Waals surface area contributed by atoms with Crippen LogP contribution in [0.3, 0.4) is 0 Å². The summed E-state index contributed by atoms with van der Waals surface area (Å²) in [5, 5.41) is 11.2. The maximum atomic E-state index is 12.3. The van der Waals surface area contributed by atoms with Crippen LogP contribution in [0.1, 0.15) is 17.0 Å². The van der Waals surface area contributed by atoms with E-state index >= 15 is 0 Å². The number of aryl methyl sites for hydroxylation is 1. The van der Waals surface area contributed by atoms with E-state index in [0.717, 1.165) is 22.1 Å². The van der Waals surface area contributed by atoms with Crippen LogP contribution in [0.4, 0.5) is 9.93 Å². The van der Waals surface area contributed by atoms with Crippen molar-refractivity contribution in [3.63, 3.8) is 0 Å². The van der Waals surface area contributed by atoms with Gasteiger partial charge < -0.3 is 14.5 Å². The molecule has 1 aliphatic heterocycles. The van der Waals surface area contributed by atoms with Crippen molar-refractivity contribution in [3.05, 3.63) is 38.8 Å². The number of hydrogen-bond donors (Lipinski definition) is 0. The molecule has 1 saturated heterocycles. The van der Waals surface area contributed by atoms with Crippen molar-refractivity contribution in [3.8, 4) is 12.3 Å². The number of aromatic nitrogens is 2. The summed E-state index contributed by atoms with van der Waals surface area (Å²) < 4.78 is 5.37. The predicted molar refractivity (Wildman–Crippen MR) is 107 cm³/mol. The quantitative estimate of drug-likeness (QED) is 0.681. The first-order valence-corrected chi connectivity index (χ1v) is 10.00. The van der Waals surface area contributed by atoms with Crippen LogP contribution in [0.2, 0.25) is 10.0 Å². The third-order valence-corrected chi connectivity index (χ3v) is 5.51. The van der Waals surface area contributed by atoms with E-state index in [2.05, 4.69) is 21.0 Å². The van der Waals surface area contributed by atoms with E-state index in [0.29, 0.717) is 42.6 Å². The molecule has 0 atom stereocenters. The third kappa shape index (κ3) is 5.48. The lowest BCUT2D eigenvalue weighted by atomic mass is 10.2. The standard InChI is InChI=1S/C18H18Cl2N4O2S/c1-2-3-4-16-21-22-17(27-16)23-5-7-24(8-6-23)18(25)26-12-13-9-14(19)11-15(20)10-13/h1,9-11H,3-8,12H2. The number of halogens is 2. The normalized spacial score (nSPS) is 14.1. The van der Waals surface area contributed by atoms with Gasteiger partial charge in [-0.15, -0.1) is 22.5 Å². The van der Waals surface area contributed by atoms with Gasteiger partial charge in [-0.2, -0.15) is 0 Å². The molecule has 27 heavy (non-hydrogen) atoms. The van der Waals surface area contributed by atoms with Gasteiger partial charge in [-0.3, -0.25) is 0 Å². The first kappa shape index (κ1) is 19.7. The number of amides is 1. The molecule has 9 heteroatoms. The summed E-state index contributed by atoms with van der Waals surface area (Å²) in [6.07, 6.45) is 6.33. The first-order chi connectivity index (χ1) is 13.0. The Labute approximate surface area is 172 Å². The summed E-state index contributed by atoms with van der Waals surface area (Å²) in [5.41, 5.74) is 0.757. The largest absolute Gasteiger partial charge is 0.445 e. The molecule has 1 aromatic carbocycles. The number of hydrogen-bond acceptors (Lipinski definition) is 6. The molecule has 0 radical (unpaired) electrons. The topological polar surface area (TPSA) is 58.6 Å². The minimum absolute atomic E-state index is 0.133. The van der Waals surface area contributed by atoms with E-state index in [-0.39, 0.29) is 12.7 Å². The highest BCUT2D eigenvalue weighted by atomic mass is 35.5. The second-order valence-electron chi connectivity index (χ2n) is 5.99. The van der Waals surface area contributed by atoms with Crippen molar-refractivity contribution in [2.75, 3.05) is 31.1 Å². The molecule has 1 aromatic heterocycles. The molecular weight excluding hydrogens is 407 g/mol. The second-order valence-corrected chi connectivity index (χ2v) is 7.90. The number of terminal acetylenes is 1. The fraction of sp³-hybridized carbons (Fsp3) is 0.389. The zero-order chi connectivity index (χ0) is 19.2. The van der Waals surface area contributed by atoms with E-state index in [1.165, 1.54) is 0 Å². The number of nitrogens with zero attached hydrogens (tertiary/aromatic N) is 4. The van der Waals surface area contributed by atoms with Crippen molar-refractivity contribution in [1.82, 2.24) is 15.1 Å². The van der Waals surface area contributed by atoms with Crippen LogP contribution in [0, 0.1) is 12.3 Å². The highest BCUT2D eigenvalue weighted by Gasteiger charge is 2.24. The van der Waals surface area contributed by atoms with Crippen molar-refractivity contribution in [2.24, 2.45) is 0 Å². The minimum Gasteiger partial charge on any atom is -0.445 e. The van der Waals surface area contributed by atoms with Gasteiger partial charge in [-0.25, -0.2) is 4.79 Å². The lowest BCUT2D eigenvalue weighted by Crippen LogP contribution is -2.48. The highest BCUT2D eigenvalue weighted by Crippen LogP contribution is 2.23. The number of anilines is 1. The highest BCUT2D eigenvalue weighted by molar-refractivity contribution is 7.15. The van der Waals surface area contributed by atoms with Gasteiger partial charge in [0.1, 0.15) is 11.6 Å². The van der Waals surface area contributed by atoms with Crippen LogP contribution in [0.5, 0.6) is 0 Å². The van der Waals surface area contributed by atoms with E-state index < -0.39 is 0 Å². The average molecular weight is 425 g/mol. The Morgan fingerprint density at radius 2 is 1.89 bits per heavy atom. The van der Waals surface area contributed by atoms with Crippen LogP contribution in [0.15, 0.2) is 18.2 Å². The molecule has 1 fully saturated rings. The maximum Gasteiger partial charge on any atom is 0.410 e. The predicted octanol–water partition coefficient (Wildman–Crippen LogP) is 3.87. The summed E-state index contributed by atoms with van der Waals surface area (Å²) in [7, 11) is 0. The third-order valence-electron chi connectivity index (χ3n) is 4.03. The number of benzene rings is 1.